The third-order valence-electron chi connectivity index (χ3n) is 4.20. The molecule has 0 heterocycles. The summed E-state index contributed by atoms with van der Waals surface area (Å²) in [6.45, 7) is 5.54. The van der Waals surface area contributed by atoms with E-state index in [-0.39, 0.29) is 12.5 Å². The number of hydrogen-bond acceptors (Lipinski definition) is 3. The van der Waals surface area contributed by atoms with Gasteiger partial charge in [-0.3, -0.25) is 10.1 Å². The van der Waals surface area contributed by atoms with Gasteiger partial charge in [0.1, 0.15) is 11.9 Å². The van der Waals surface area contributed by atoms with Crippen LogP contribution < -0.4 is 10.6 Å². The van der Waals surface area contributed by atoms with E-state index >= 15 is 0 Å². The monoisotopic (exact) mass is 372 g/mol. The van der Waals surface area contributed by atoms with E-state index in [1.165, 1.54) is 18.6 Å². The van der Waals surface area contributed by atoms with E-state index in [4.69, 9.17) is 4.74 Å². The fourth-order valence-electron chi connectivity index (χ4n) is 2.57. The van der Waals surface area contributed by atoms with Crippen LogP contribution in [0.5, 0.6) is 0 Å². The van der Waals surface area contributed by atoms with Gasteiger partial charge in [-0.25, -0.2) is 9.18 Å². The number of anilines is 1. The second kappa shape index (κ2) is 9.71. The Balaban J connectivity index is 2.01. The molecule has 0 radical (unpaired) electrons. The smallest absolute Gasteiger partial charge is 0.411 e. The molecule has 5 nitrogen and oxygen atoms in total. The van der Waals surface area contributed by atoms with Gasteiger partial charge in [-0.2, -0.15) is 0 Å². The Bertz CT molecular complexity index is 791. The number of aryl methyl sites for hydroxylation is 1. The summed E-state index contributed by atoms with van der Waals surface area (Å²) in [7, 11) is 0. The Kier molecular flexibility index (Phi) is 7.34. The second-order valence-electron chi connectivity index (χ2n) is 6.24. The maximum atomic E-state index is 14.5. The summed E-state index contributed by atoms with van der Waals surface area (Å²) in [4.78, 5) is 22.9. The minimum Gasteiger partial charge on any atom is -0.444 e. The molecule has 1 atom stereocenters. The fraction of sp³-hybridized carbons (Fsp3) is 0.333. The average Bonchev–Trinajstić information content (AvgIpc) is 2.65. The van der Waals surface area contributed by atoms with E-state index in [1.807, 2.05) is 31.2 Å². The lowest BCUT2D eigenvalue weighted by atomic mass is 10.0. The zero-order valence-corrected chi connectivity index (χ0v) is 15.8. The molecule has 0 saturated heterocycles. The maximum absolute atomic E-state index is 14.5. The molecule has 0 aliphatic heterocycles. The summed E-state index contributed by atoms with van der Waals surface area (Å²) in [6.07, 6.45) is 0.338. The molecule has 2 rings (SSSR count). The van der Waals surface area contributed by atoms with Gasteiger partial charge in [0, 0.05) is 18.2 Å². The van der Waals surface area contributed by atoms with Gasteiger partial charge in [0.2, 0.25) is 5.91 Å². The Hall–Kier alpha value is -2.89. The number of hydrogen-bond donors (Lipinski definition) is 2. The molecule has 0 aromatic heterocycles. The normalized spacial score (nSPS) is 11.6. The number of rotatable bonds is 7. The molecule has 0 bridgehead atoms. The van der Waals surface area contributed by atoms with Crippen LogP contribution in [0.15, 0.2) is 42.5 Å². The van der Waals surface area contributed by atoms with Gasteiger partial charge in [-0.05, 0) is 42.2 Å². The topological polar surface area (TPSA) is 67.4 Å². The number of carbonyl (C=O) groups is 2. The minimum atomic E-state index is -0.688. The molecule has 2 aromatic carbocycles. The van der Waals surface area contributed by atoms with Gasteiger partial charge in [0.05, 0.1) is 6.54 Å². The Morgan fingerprint density at radius 1 is 1.11 bits per heavy atom. The number of amides is 2. The van der Waals surface area contributed by atoms with E-state index in [9.17, 15) is 14.0 Å². The van der Waals surface area contributed by atoms with E-state index in [2.05, 4.69) is 17.6 Å². The van der Waals surface area contributed by atoms with E-state index < -0.39 is 18.0 Å². The number of halogens is 1. The fourth-order valence-corrected chi connectivity index (χ4v) is 2.57. The predicted octanol–water partition coefficient (Wildman–Crippen LogP) is 4.52. The SMILES string of the molecule is CCc1ccc(-c2ccc(NC(=O)O[C@H](CC)CNC(C)=O)cc2F)cc1. The molecule has 0 aliphatic rings. The van der Waals surface area contributed by atoms with E-state index in [1.54, 1.807) is 12.1 Å². The first kappa shape index (κ1) is 20.4. The predicted molar refractivity (Wildman–Crippen MR) is 104 cm³/mol. The van der Waals surface area contributed by atoms with Crippen molar-refractivity contribution in [1.29, 1.82) is 0 Å². The van der Waals surface area contributed by atoms with Crippen LogP contribution in [0.2, 0.25) is 0 Å². The van der Waals surface area contributed by atoms with Crippen molar-refractivity contribution >= 4 is 17.7 Å². The van der Waals surface area contributed by atoms with Crippen molar-refractivity contribution in [1.82, 2.24) is 5.32 Å². The number of nitrogens with one attached hydrogen (secondary N) is 2. The van der Waals surface area contributed by atoms with Crippen LogP contribution in [0.1, 0.15) is 32.8 Å². The first-order valence-corrected chi connectivity index (χ1v) is 9.03. The number of benzene rings is 2. The highest BCUT2D eigenvalue weighted by Crippen LogP contribution is 2.26. The first-order chi connectivity index (χ1) is 12.9. The quantitative estimate of drug-likeness (QED) is 0.751. The average molecular weight is 372 g/mol. The van der Waals surface area contributed by atoms with Gasteiger partial charge in [0.25, 0.3) is 0 Å². The minimum absolute atomic E-state index is 0.193. The zero-order valence-electron chi connectivity index (χ0n) is 15.8. The van der Waals surface area contributed by atoms with Crippen LogP contribution in [0.4, 0.5) is 14.9 Å². The standard InChI is InChI=1S/C21H25FN2O3/c1-4-15-6-8-16(9-7-15)19-11-10-17(12-20(19)22)24-21(26)27-18(5-2)13-23-14(3)25/h6-12,18H,4-5,13H2,1-3H3,(H,23,25)(H,24,26)/t18-/m1/s1. The Labute approximate surface area is 158 Å². The molecule has 6 heteroatoms. The molecular weight excluding hydrogens is 347 g/mol. The summed E-state index contributed by atoms with van der Waals surface area (Å²) < 4.78 is 19.7. The van der Waals surface area contributed by atoms with Crippen molar-refractivity contribution in [3.05, 3.63) is 53.8 Å². The molecular formula is C21H25FN2O3. The first-order valence-electron chi connectivity index (χ1n) is 9.03. The van der Waals surface area contributed by atoms with Crippen LogP contribution >= 0.6 is 0 Å². The van der Waals surface area contributed by atoms with Crippen LogP contribution in [-0.2, 0) is 16.0 Å². The summed E-state index contributed by atoms with van der Waals surface area (Å²) in [5.41, 5.74) is 2.74. The molecule has 2 amide bonds. The van der Waals surface area contributed by atoms with E-state index in [0.717, 1.165) is 12.0 Å². The second-order valence-corrected chi connectivity index (χ2v) is 6.24. The van der Waals surface area contributed by atoms with Crippen LogP contribution in [-0.4, -0.2) is 24.6 Å². The summed E-state index contributed by atoms with van der Waals surface area (Å²) >= 11 is 0. The lowest BCUT2D eigenvalue weighted by Gasteiger charge is -2.17. The summed E-state index contributed by atoms with van der Waals surface area (Å²) in [5.74, 6) is -0.621. The van der Waals surface area contributed by atoms with Gasteiger partial charge in [0.15, 0.2) is 0 Å². The van der Waals surface area contributed by atoms with Crippen molar-refractivity contribution in [2.45, 2.75) is 39.7 Å². The van der Waals surface area contributed by atoms with Crippen molar-refractivity contribution in [2.75, 3.05) is 11.9 Å². The van der Waals surface area contributed by atoms with Crippen LogP contribution in [0.25, 0.3) is 11.1 Å². The molecule has 27 heavy (non-hydrogen) atoms. The van der Waals surface area contributed by atoms with Crippen LogP contribution in [0, 0.1) is 5.82 Å². The van der Waals surface area contributed by atoms with Gasteiger partial charge in [-0.15, -0.1) is 0 Å². The van der Waals surface area contributed by atoms with Crippen molar-refractivity contribution in [3.63, 3.8) is 0 Å². The molecule has 2 aromatic rings. The third kappa shape index (κ3) is 6.09. The number of ether oxygens (including phenoxy) is 1. The third-order valence-corrected chi connectivity index (χ3v) is 4.20. The molecule has 0 spiro atoms. The van der Waals surface area contributed by atoms with Gasteiger partial charge >= 0.3 is 6.09 Å². The van der Waals surface area contributed by atoms with E-state index in [0.29, 0.717) is 17.7 Å². The zero-order chi connectivity index (χ0) is 19.8. The Morgan fingerprint density at radius 3 is 2.37 bits per heavy atom. The highest BCUT2D eigenvalue weighted by Gasteiger charge is 2.14. The van der Waals surface area contributed by atoms with Gasteiger partial charge < -0.3 is 10.1 Å². The lowest BCUT2D eigenvalue weighted by Crippen LogP contribution is -2.34. The molecule has 144 valence electrons. The molecule has 0 fully saturated rings. The molecule has 0 unspecified atom stereocenters. The van der Waals surface area contributed by atoms with Gasteiger partial charge in [-0.1, -0.05) is 38.1 Å². The van der Waals surface area contributed by atoms with Crippen molar-refractivity contribution in [2.24, 2.45) is 0 Å². The largest absolute Gasteiger partial charge is 0.444 e. The van der Waals surface area contributed by atoms with Crippen molar-refractivity contribution < 1.29 is 18.7 Å². The lowest BCUT2D eigenvalue weighted by molar-refractivity contribution is -0.119. The van der Waals surface area contributed by atoms with Crippen molar-refractivity contribution in [3.8, 4) is 11.1 Å². The molecule has 0 saturated carbocycles. The Morgan fingerprint density at radius 2 is 1.81 bits per heavy atom. The maximum Gasteiger partial charge on any atom is 0.411 e. The highest BCUT2D eigenvalue weighted by atomic mass is 19.1. The summed E-state index contributed by atoms with van der Waals surface area (Å²) in [5, 5.41) is 5.12. The molecule has 0 aliphatic carbocycles. The number of carbonyl (C=O) groups excluding carboxylic acids is 2. The van der Waals surface area contributed by atoms with Crippen LogP contribution in [0.3, 0.4) is 0 Å². The summed E-state index contributed by atoms with van der Waals surface area (Å²) in [6, 6.07) is 12.2. The molecule has 2 N–H and O–H groups in total. The highest BCUT2D eigenvalue weighted by molar-refractivity contribution is 5.85.